The predicted molar refractivity (Wildman–Crippen MR) is 149 cm³/mol. The molecule has 0 amide bonds. The first-order valence-electron chi connectivity index (χ1n) is 11.9. The zero-order valence-corrected chi connectivity index (χ0v) is 19.9. The SMILES string of the molecule is O=C(O)c1cc(C#Cc2cccc(C#Cc3ccc4ccc5cccc6ccc3c4c56)c2)cc(C(=O)O)c1. The van der Waals surface area contributed by atoms with Crippen LogP contribution in [0.25, 0.3) is 32.3 Å². The largest absolute Gasteiger partial charge is 0.478 e. The quantitative estimate of drug-likeness (QED) is 0.207. The minimum atomic E-state index is -1.21. The van der Waals surface area contributed by atoms with Crippen LogP contribution in [-0.2, 0) is 0 Å². The molecule has 4 heteroatoms. The molecule has 2 N–H and O–H groups in total. The molecule has 6 aromatic carbocycles. The highest BCUT2D eigenvalue weighted by Gasteiger charge is 2.11. The summed E-state index contributed by atoms with van der Waals surface area (Å²) in [6, 6.07) is 30.4. The van der Waals surface area contributed by atoms with Crippen LogP contribution >= 0.6 is 0 Å². The molecule has 0 bridgehead atoms. The molecule has 0 aliphatic carbocycles. The zero-order valence-electron chi connectivity index (χ0n) is 19.9. The zero-order chi connectivity index (χ0) is 26.2. The fraction of sp³-hybridized carbons (Fsp3) is 0. The second-order valence-electron chi connectivity index (χ2n) is 8.96. The Morgan fingerprint density at radius 1 is 0.500 bits per heavy atom. The Bertz CT molecular complexity index is 2000. The molecular weight excluding hydrogens is 472 g/mol. The van der Waals surface area contributed by atoms with Gasteiger partial charge in [-0.05, 0) is 74.8 Å². The lowest BCUT2D eigenvalue weighted by Crippen LogP contribution is -2.03. The average Bonchev–Trinajstić information content (AvgIpc) is 2.94. The van der Waals surface area contributed by atoms with Crippen molar-refractivity contribution >= 4 is 44.3 Å². The lowest BCUT2D eigenvalue weighted by molar-refractivity contribution is 0.0696. The van der Waals surface area contributed by atoms with Gasteiger partial charge in [-0.3, -0.25) is 0 Å². The Labute approximate surface area is 218 Å². The lowest BCUT2D eigenvalue weighted by Gasteiger charge is -2.11. The van der Waals surface area contributed by atoms with Crippen molar-refractivity contribution < 1.29 is 19.8 Å². The lowest BCUT2D eigenvalue weighted by atomic mass is 9.92. The molecule has 6 rings (SSSR count). The Kier molecular flexibility index (Phi) is 5.49. The van der Waals surface area contributed by atoms with E-state index in [0.29, 0.717) is 11.1 Å². The van der Waals surface area contributed by atoms with Gasteiger partial charge in [0.25, 0.3) is 0 Å². The Balaban J connectivity index is 1.37. The Morgan fingerprint density at radius 2 is 1.03 bits per heavy atom. The van der Waals surface area contributed by atoms with E-state index in [1.165, 1.54) is 39.1 Å². The fourth-order valence-electron chi connectivity index (χ4n) is 4.75. The van der Waals surface area contributed by atoms with Crippen LogP contribution in [0.1, 0.15) is 43.0 Å². The second-order valence-corrected chi connectivity index (χ2v) is 8.96. The first-order chi connectivity index (χ1) is 18.5. The third-order valence-corrected chi connectivity index (χ3v) is 6.51. The predicted octanol–water partition coefficient (Wildman–Crippen LogP) is 6.78. The molecule has 178 valence electrons. The fourth-order valence-corrected chi connectivity index (χ4v) is 4.75. The van der Waals surface area contributed by atoms with E-state index in [0.717, 1.165) is 22.6 Å². The highest BCUT2D eigenvalue weighted by atomic mass is 16.4. The highest BCUT2D eigenvalue weighted by molar-refractivity contribution is 6.23. The summed E-state index contributed by atoms with van der Waals surface area (Å²) in [5.74, 6) is 10.0. The summed E-state index contributed by atoms with van der Waals surface area (Å²) in [5, 5.41) is 25.7. The molecule has 4 nitrogen and oxygen atoms in total. The van der Waals surface area contributed by atoms with E-state index in [1.807, 2.05) is 30.3 Å². The summed E-state index contributed by atoms with van der Waals surface area (Å²) in [6.45, 7) is 0. The number of hydrogen-bond donors (Lipinski definition) is 2. The molecule has 0 saturated heterocycles. The molecule has 0 spiro atoms. The molecule has 0 heterocycles. The van der Waals surface area contributed by atoms with Crippen molar-refractivity contribution in [3.05, 3.63) is 130 Å². The molecule has 0 unspecified atom stereocenters. The number of carboxylic acids is 2. The molecule has 0 aliphatic heterocycles. The van der Waals surface area contributed by atoms with E-state index in [9.17, 15) is 19.8 Å². The standard InChI is InChI=1S/C34H18O4/c35-33(36)28-18-23(19-29(20-28)34(37)38)8-7-21-3-1-4-22(17-21)9-10-24-11-12-27-14-13-25-5-2-6-26-15-16-30(24)32(27)31(25)26/h1-6,11-20H,(H,35,36)(H,37,38). The molecule has 0 atom stereocenters. The smallest absolute Gasteiger partial charge is 0.335 e. The number of benzene rings is 6. The van der Waals surface area contributed by atoms with Crippen molar-refractivity contribution in [3.8, 4) is 23.7 Å². The van der Waals surface area contributed by atoms with Gasteiger partial charge in [0.1, 0.15) is 0 Å². The number of hydrogen-bond acceptors (Lipinski definition) is 2. The van der Waals surface area contributed by atoms with E-state index in [4.69, 9.17) is 0 Å². The minimum Gasteiger partial charge on any atom is -0.478 e. The number of carboxylic acid groups (broad SMARTS) is 2. The van der Waals surface area contributed by atoms with Crippen LogP contribution in [0.3, 0.4) is 0 Å². The van der Waals surface area contributed by atoms with Gasteiger partial charge in [0.05, 0.1) is 11.1 Å². The van der Waals surface area contributed by atoms with Crippen LogP contribution in [0.15, 0.2) is 97.1 Å². The average molecular weight is 491 g/mol. The van der Waals surface area contributed by atoms with E-state index in [-0.39, 0.29) is 11.1 Å². The van der Waals surface area contributed by atoms with Crippen LogP contribution < -0.4 is 0 Å². The van der Waals surface area contributed by atoms with Gasteiger partial charge in [0, 0.05) is 22.3 Å². The van der Waals surface area contributed by atoms with Gasteiger partial charge >= 0.3 is 11.9 Å². The van der Waals surface area contributed by atoms with E-state index in [1.54, 1.807) is 0 Å². The van der Waals surface area contributed by atoms with E-state index < -0.39 is 11.9 Å². The van der Waals surface area contributed by atoms with Crippen LogP contribution in [0.5, 0.6) is 0 Å². The maximum Gasteiger partial charge on any atom is 0.335 e. The number of carbonyl (C=O) groups is 2. The van der Waals surface area contributed by atoms with Gasteiger partial charge in [0.15, 0.2) is 0 Å². The van der Waals surface area contributed by atoms with Gasteiger partial charge in [0.2, 0.25) is 0 Å². The minimum absolute atomic E-state index is 0.123. The maximum atomic E-state index is 11.4. The molecule has 38 heavy (non-hydrogen) atoms. The summed E-state index contributed by atoms with van der Waals surface area (Å²) < 4.78 is 0. The molecule has 0 fully saturated rings. The Morgan fingerprint density at radius 3 is 1.68 bits per heavy atom. The van der Waals surface area contributed by atoms with Gasteiger partial charge in [-0.15, -0.1) is 0 Å². The monoisotopic (exact) mass is 490 g/mol. The van der Waals surface area contributed by atoms with Gasteiger partial charge in [-0.25, -0.2) is 9.59 Å². The molecular formula is C34H18O4. The first kappa shape index (κ1) is 22.9. The normalized spacial score (nSPS) is 10.6. The maximum absolute atomic E-state index is 11.4. The van der Waals surface area contributed by atoms with Crippen LogP contribution in [-0.4, -0.2) is 22.2 Å². The Hall–Kier alpha value is -5.58. The van der Waals surface area contributed by atoms with Crippen molar-refractivity contribution in [2.45, 2.75) is 0 Å². The molecule has 0 saturated carbocycles. The van der Waals surface area contributed by atoms with Gasteiger partial charge in [-0.1, -0.05) is 78.3 Å². The summed E-state index contributed by atoms with van der Waals surface area (Å²) in [6.07, 6.45) is 0. The molecule has 0 radical (unpaired) electrons. The van der Waals surface area contributed by atoms with E-state index >= 15 is 0 Å². The number of rotatable bonds is 2. The van der Waals surface area contributed by atoms with Gasteiger partial charge in [-0.2, -0.15) is 0 Å². The summed E-state index contributed by atoms with van der Waals surface area (Å²) >= 11 is 0. The third kappa shape index (κ3) is 4.17. The van der Waals surface area contributed by atoms with Crippen molar-refractivity contribution in [2.75, 3.05) is 0 Å². The van der Waals surface area contributed by atoms with Gasteiger partial charge < -0.3 is 10.2 Å². The summed E-state index contributed by atoms with van der Waals surface area (Å²) in [5.41, 5.74) is 2.48. The second kappa shape index (κ2) is 9.13. The molecule has 0 aliphatic rings. The van der Waals surface area contributed by atoms with Crippen LogP contribution in [0.2, 0.25) is 0 Å². The molecule has 0 aromatic heterocycles. The summed E-state index contributed by atoms with van der Waals surface area (Å²) in [7, 11) is 0. The number of aromatic carboxylic acids is 2. The van der Waals surface area contributed by atoms with Crippen LogP contribution in [0, 0.1) is 23.7 Å². The summed E-state index contributed by atoms with van der Waals surface area (Å²) in [4.78, 5) is 22.7. The van der Waals surface area contributed by atoms with E-state index in [2.05, 4.69) is 72.2 Å². The van der Waals surface area contributed by atoms with Crippen molar-refractivity contribution in [1.29, 1.82) is 0 Å². The van der Waals surface area contributed by atoms with Crippen molar-refractivity contribution in [2.24, 2.45) is 0 Å². The first-order valence-corrected chi connectivity index (χ1v) is 11.9. The van der Waals surface area contributed by atoms with Crippen molar-refractivity contribution in [3.63, 3.8) is 0 Å². The third-order valence-electron chi connectivity index (χ3n) is 6.51. The van der Waals surface area contributed by atoms with Crippen molar-refractivity contribution in [1.82, 2.24) is 0 Å². The van der Waals surface area contributed by atoms with Crippen LogP contribution in [0.4, 0.5) is 0 Å². The topological polar surface area (TPSA) is 74.6 Å². The molecule has 6 aromatic rings. The highest BCUT2D eigenvalue weighted by Crippen LogP contribution is 2.35.